The van der Waals surface area contributed by atoms with Gasteiger partial charge in [-0.15, -0.1) is 0 Å². The molecule has 0 aromatic rings. The van der Waals surface area contributed by atoms with Crippen molar-refractivity contribution >= 4 is 33.5 Å². The van der Waals surface area contributed by atoms with Gasteiger partial charge in [0.2, 0.25) is 0 Å². The molecule has 17 nitrogen and oxygen atoms in total. The fourth-order valence-corrected chi connectivity index (χ4v) is 0. The number of phosphoric acid groups is 2. The molecule has 0 aromatic heterocycles. The van der Waals surface area contributed by atoms with Gasteiger partial charge in [-0.1, -0.05) is 0 Å². The van der Waals surface area contributed by atoms with Crippen LogP contribution < -0.4 is 63.8 Å². The van der Waals surface area contributed by atoms with Crippen molar-refractivity contribution in [1.29, 1.82) is 16.2 Å². The first kappa shape index (κ1) is 49.8. The standard InChI is InChI=1S/3CH5N3.2H3O4P.3Zn/c3*2-1(3)4;2*1-5(2,3)4;;;/h3*(H5,2,3,4);2*(H3,1,2,3,4);;;/q;;;;;3*+2/p-6. The Bertz CT molecular complexity index is 338. The molecule has 136 valence electrons. The number of hydrogen-bond donors (Lipinski definition) is 9. The van der Waals surface area contributed by atoms with E-state index < -0.39 is 15.6 Å². The maximum absolute atomic E-state index is 8.55. The maximum Gasteiger partial charge on any atom is 2.00 e. The Morgan fingerprint density at radius 1 is 0.520 bits per heavy atom. The van der Waals surface area contributed by atoms with E-state index in [0.29, 0.717) is 0 Å². The maximum atomic E-state index is 8.55. The van der Waals surface area contributed by atoms with Crippen LogP contribution in [0.1, 0.15) is 0 Å². The van der Waals surface area contributed by atoms with Crippen LogP contribution in [-0.4, -0.2) is 17.9 Å². The van der Waals surface area contributed by atoms with E-state index in [1.54, 1.807) is 0 Å². The van der Waals surface area contributed by atoms with Crippen molar-refractivity contribution in [2.75, 3.05) is 0 Å². The fraction of sp³-hybridized carbons (Fsp3) is 0. The Morgan fingerprint density at radius 2 is 0.520 bits per heavy atom. The predicted molar refractivity (Wildman–Crippen MR) is 63.5 cm³/mol. The summed E-state index contributed by atoms with van der Waals surface area (Å²) in [5, 5.41) is 18.2. The first-order valence-electron chi connectivity index (χ1n) is 3.94. The first-order chi connectivity index (χ1) is 9.20. The summed E-state index contributed by atoms with van der Waals surface area (Å²) in [4.78, 5) is 51.3. The first-order valence-corrected chi connectivity index (χ1v) is 6.86. The smallest absolute Gasteiger partial charge is 0.822 e. The number of rotatable bonds is 0. The average molecular weight is 563 g/mol. The molecule has 0 aliphatic rings. The Morgan fingerprint density at radius 3 is 0.520 bits per heavy atom. The Hall–Kier alpha value is -0.0999. The van der Waals surface area contributed by atoms with Gasteiger partial charge in [0.05, 0.1) is 0 Å². The van der Waals surface area contributed by atoms with Gasteiger partial charge in [0.1, 0.15) is 0 Å². The molecule has 0 unspecified atom stereocenters. The van der Waals surface area contributed by atoms with Crippen molar-refractivity contribution < 1.29 is 96.9 Å². The third kappa shape index (κ3) is 1150000. The van der Waals surface area contributed by atoms with E-state index in [9.17, 15) is 0 Å². The zero-order valence-electron chi connectivity index (χ0n) is 12.7. The molecular formula is C3H15N9O8P2Zn3. The SMILES string of the molecule is N=C(N)N.N=C(N)N.N=C(N)N.O=P([O-])([O-])[O-].O=P([O-])([O-])[O-].[Zn+2].[Zn+2].[Zn+2]. The second kappa shape index (κ2) is 28.7. The number of guanidine groups is 3. The number of nitrogens with two attached hydrogens (primary N) is 6. The van der Waals surface area contributed by atoms with Gasteiger partial charge in [0, 0.05) is 0 Å². The number of nitrogens with one attached hydrogen (secondary N) is 3. The summed E-state index contributed by atoms with van der Waals surface area (Å²) in [7, 11) is -10.8. The molecule has 0 heterocycles. The van der Waals surface area contributed by atoms with E-state index in [0.717, 1.165) is 0 Å². The average Bonchev–Trinajstić information content (AvgIpc) is 1.88. The van der Waals surface area contributed by atoms with Crippen LogP contribution in [0.3, 0.4) is 0 Å². The quantitative estimate of drug-likeness (QED) is 0.0572. The summed E-state index contributed by atoms with van der Waals surface area (Å²) in [6.07, 6.45) is 0. The second-order valence-electron chi connectivity index (χ2n) is 2.26. The third-order valence-electron chi connectivity index (χ3n) is 0. The molecule has 0 aliphatic carbocycles. The van der Waals surface area contributed by atoms with Crippen LogP contribution in [0.2, 0.25) is 0 Å². The molecule has 22 heteroatoms. The van der Waals surface area contributed by atoms with Crippen molar-refractivity contribution in [3.8, 4) is 0 Å². The molecule has 0 bridgehead atoms. The van der Waals surface area contributed by atoms with E-state index in [1.165, 1.54) is 0 Å². The third-order valence-corrected chi connectivity index (χ3v) is 0. The molecule has 0 spiro atoms. The molecule has 0 rings (SSSR count). The molecule has 0 atom stereocenters. The topological polar surface area (TPSA) is 400 Å². The van der Waals surface area contributed by atoms with Crippen molar-refractivity contribution in [3.63, 3.8) is 0 Å². The van der Waals surface area contributed by atoms with Gasteiger partial charge in [-0.05, 0) is 0 Å². The van der Waals surface area contributed by atoms with Crippen LogP contribution in [-0.2, 0) is 67.6 Å². The largest absolute Gasteiger partial charge is 2.00 e. The predicted octanol–water partition coefficient (Wildman–Crippen LogP) is -9.14. The van der Waals surface area contributed by atoms with Crippen LogP contribution >= 0.6 is 15.6 Å². The van der Waals surface area contributed by atoms with Crippen LogP contribution in [0, 0.1) is 16.2 Å². The molecular weight excluding hydrogens is 548 g/mol. The zero-order valence-corrected chi connectivity index (χ0v) is 23.4. The summed E-state index contributed by atoms with van der Waals surface area (Å²) < 4.78 is 17.1. The minimum atomic E-state index is -5.39. The molecule has 0 saturated carbocycles. The molecule has 25 heavy (non-hydrogen) atoms. The summed E-state index contributed by atoms with van der Waals surface area (Å²) in [6.45, 7) is 0. The van der Waals surface area contributed by atoms with E-state index in [4.69, 9.17) is 54.7 Å². The monoisotopic (exact) mass is 559 g/mol. The summed E-state index contributed by atoms with van der Waals surface area (Å²) in [6, 6.07) is 0. The Labute approximate surface area is 180 Å². The summed E-state index contributed by atoms with van der Waals surface area (Å²) in [5.74, 6) is -1.000. The van der Waals surface area contributed by atoms with E-state index in [1.807, 2.05) is 0 Å². The molecule has 0 radical (unpaired) electrons. The van der Waals surface area contributed by atoms with Gasteiger partial charge in [-0.2, -0.15) is 15.6 Å². The molecule has 0 saturated heterocycles. The zero-order chi connectivity index (χ0) is 19.7. The minimum absolute atomic E-state index is 0. The van der Waals surface area contributed by atoms with Gasteiger partial charge in [0.25, 0.3) is 0 Å². The van der Waals surface area contributed by atoms with Crippen molar-refractivity contribution in [2.24, 2.45) is 34.4 Å². The summed E-state index contributed by atoms with van der Waals surface area (Å²) >= 11 is 0. The van der Waals surface area contributed by atoms with E-state index in [-0.39, 0.29) is 76.3 Å². The minimum Gasteiger partial charge on any atom is -0.822 e. The van der Waals surface area contributed by atoms with Crippen LogP contribution in [0.5, 0.6) is 0 Å². The molecule has 0 aromatic carbocycles. The molecule has 15 N–H and O–H groups in total. The van der Waals surface area contributed by atoms with Crippen LogP contribution in [0.4, 0.5) is 0 Å². The molecule has 0 aliphatic heterocycles. The van der Waals surface area contributed by atoms with Gasteiger partial charge >= 0.3 is 58.4 Å². The van der Waals surface area contributed by atoms with Crippen molar-refractivity contribution in [1.82, 2.24) is 0 Å². The van der Waals surface area contributed by atoms with E-state index >= 15 is 0 Å². The van der Waals surface area contributed by atoms with Gasteiger partial charge in [0.15, 0.2) is 17.9 Å². The Balaban J connectivity index is -0.0000000235. The van der Waals surface area contributed by atoms with Gasteiger partial charge in [-0.25, -0.2) is 0 Å². The van der Waals surface area contributed by atoms with Crippen LogP contribution in [0.25, 0.3) is 0 Å². The Kier molecular flexibility index (Phi) is 57.2. The molecule has 0 fully saturated rings. The normalized spacial score (nSPS) is 7.60. The van der Waals surface area contributed by atoms with Crippen molar-refractivity contribution in [3.05, 3.63) is 0 Å². The summed E-state index contributed by atoms with van der Waals surface area (Å²) in [5.41, 5.74) is 26.8. The van der Waals surface area contributed by atoms with E-state index in [2.05, 4.69) is 34.4 Å². The van der Waals surface area contributed by atoms with Gasteiger partial charge in [-0.3, -0.25) is 16.2 Å². The molecule has 0 amide bonds. The van der Waals surface area contributed by atoms with Crippen LogP contribution in [0.15, 0.2) is 0 Å². The van der Waals surface area contributed by atoms with Gasteiger partial charge < -0.3 is 72.9 Å². The second-order valence-corrected chi connectivity index (χ2v) is 4.05. The number of hydrogen-bond acceptors (Lipinski definition) is 11. The van der Waals surface area contributed by atoms with Crippen molar-refractivity contribution in [2.45, 2.75) is 0 Å². The fourth-order valence-electron chi connectivity index (χ4n) is 0.